The van der Waals surface area contributed by atoms with Gasteiger partial charge in [-0.1, -0.05) is 31.2 Å². The minimum atomic E-state index is -0.872. The number of carbonyl (C=O) groups is 1. The Balaban J connectivity index is 1.25. The van der Waals surface area contributed by atoms with Gasteiger partial charge >= 0.3 is 5.97 Å². The van der Waals surface area contributed by atoms with E-state index in [4.69, 9.17) is 11.3 Å². The number of carbonyl (C=O) groups excluding carboxylic acids is 1. The summed E-state index contributed by atoms with van der Waals surface area (Å²) >= 11 is 0. The summed E-state index contributed by atoms with van der Waals surface area (Å²) in [5, 5.41) is 0. The first-order chi connectivity index (χ1) is 18.4. The zero-order valence-electron chi connectivity index (χ0n) is 22.7. The van der Waals surface area contributed by atoms with E-state index < -0.39 is 5.54 Å². The molecule has 2 saturated heterocycles. The highest BCUT2D eigenvalue weighted by Crippen LogP contribution is 2.52. The van der Waals surface area contributed by atoms with Crippen molar-refractivity contribution in [1.29, 1.82) is 0 Å². The number of rotatable bonds is 8. The fourth-order valence-corrected chi connectivity index (χ4v) is 7.27. The predicted octanol–water partition coefficient (Wildman–Crippen LogP) is 6.08. The van der Waals surface area contributed by atoms with Crippen LogP contribution in [-0.4, -0.2) is 49.7 Å². The van der Waals surface area contributed by atoms with Crippen molar-refractivity contribution in [2.45, 2.75) is 64.0 Å². The van der Waals surface area contributed by atoms with Crippen molar-refractivity contribution >= 4 is 11.7 Å². The monoisotopic (exact) mass is 517 g/mol. The van der Waals surface area contributed by atoms with E-state index >= 15 is 0 Å². The Morgan fingerprint density at radius 1 is 1.11 bits per heavy atom. The molecule has 2 aromatic carbocycles. The van der Waals surface area contributed by atoms with Gasteiger partial charge in [-0.25, -0.2) is 11.0 Å². The van der Waals surface area contributed by atoms with Crippen LogP contribution in [0.15, 0.2) is 48.5 Å². The second-order valence-corrected chi connectivity index (χ2v) is 11.5. The molecule has 1 unspecified atom stereocenters. The van der Waals surface area contributed by atoms with Crippen molar-refractivity contribution in [3.05, 3.63) is 76.9 Å². The summed E-state index contributed by atoms with van der Waals surface area (Å²) in [6.45, 7) is 17.3. The third-order valence-corrected chi connectivity index (χ3v) is 9.20. The standard InChI is InChI=1S/C32H40FN3O2/c1-4-24-11-13-29(14-12-24)36-21-25(22-36)20-35-17-15-26(16-18-35)32(34-3,27-7-5-8-28(33)19-27)30-9-6-10-31(30)38-23(2)37/h5,7-8,11-14,19,25-26,30-31H,4,6,9-10,15-18,20-22H2,1-2H3/t30-,31-,32?/m1/s1. The van der Waals surface area contributed by atoms with Gasteiger partial charge in [-0.2, -0.15) is 0 Å². The number of piperidine rings is 1. The maximum atomic E-state index is 14.4. The molecule has 2 aliphatic heterocycles. The van der Waals surface area contributed by atoms with Crippen LogP contribution >= 0.6 is 0 Å². The molecule has 5 nitrogen and oxygen atoms in total. The third kappa shape index (κ3) is 5.31. The number of hydrogen-bond donors (Lipinski definition) is 0. The second kappa shape index (κ2) is 11.5. The molecule has 0 spiro atoms. The van der Waals surface area contributed by atoms with Gasteiger partial charge in [0.25, 0.3) is 5.54 Å². The van der Waals surface area contributed by atoms with Crippen molar-refractivity contribution in [2.75, 3.05) is 37.6 Å². The van der Waals surface area contributed by atoms with Crippen molar-refractivity contribution < 1.29 is 13.9 Å². The van der Waals surface area contributed by atoms with Crippen molar-refractivity contribution in [3.63, 3.8) is 0 Å². The molecule has 0 radical (unpaired) electrons. The molecule has 3 atom stereocenters. The largest absolute Gasteiger partial charge is 0.462 e. The van der Waals surface area contributed by atoms with Gasteiger partial charge in [0.2, 0.25) is 0 Å². The minimum Gasteiger partial charge on any atom is -0.462 e. The topological polar surface area (TPSA) is 37.1 Å². The lowest BCUT2D eigenvalue weighted by molar-refractivity contribution is -0.149. The Morgan fingerprint density at radius 3 is 2.47 bits per heavy atom. The fourth-order valence-electron chi connectivity index (χ4n) is 7.27. The molecule has 3 aliphatic rings. The van der Waals surface area contributed by atoms with E-state index in [1.165, 1.54) is 24.2 Å². The Hall–Kier alpha value is -2.91. The number of anilines is 1. The number of esters is 1. The van der Waals surface area contributed by atoms with Crippen LogP contribution in [-0.2, 0) is 21.5 Å². The first-order valence-corrected chi connectivity index (χ1v) is 14.3. The summed E-state index contributed by atoms with van der Waals surface area (Å²) < 4.78 is 20.2. The molecule has 2 heterocycles. The van der Waals surface area contributed by atoms with Crippen LogP contribution in [0, 0.1) is 30.1 Å². The van der Waals surface area contributed by atoms with Gasteiger partial charge in [0.15, 0.2) is 0 Å². The first kappa shape index (κ1) is 26.7. The van der Waals surface area contributed by atoms with Gasteiger partial charge in [-0.3, -0.25) is 4.79 Å². The van der Waals surface area contributed by atoms with E-state index in [1.807, 2.05) is 6.07 Å². The lowest BCUT2D eigenvalue weighted by atomic mass is 9.65. The summed E-state index contributed by atoms with van der Waals surface area (Å²) in [6.07, 6.45) is 5.11. The van der Waals surface area contributed by atoms with Crippen LogP contribution in [0.4, 0.5) is 10.1 Å². The summed E-state index contributed by atoms with van der Waals surface area (Å²) in [7, 11) is 0. The molecular formula is C32H40FN3O2. The highest BCUT2D eigenvalue weighted by atomic mass is 19.1. The van der Waals surface area contributed by atoms with E-state index in [-0.39, 0.29) is 29.7 Å². The number of benzene rings is 2. The van der Waals surface area contributed by atoms with Crippen LogP contribution in [0.2, 0.25) is 0 Å². The lowest BCUT2D eigenvalue weighted by Crippen LogP contribution is -2.54. The molecule has 38 heavy (non-hydrogen) atoms. The number of nitrogens with zero attached hydrogens (tertiary/aromatic N) is 3. The summed E-state index contributed by atoms with van der Waals surface area (Å²) in [4.78, 5) is 21.2. The highest BCUT2D eigenvalue weighted by Gasteiger charge is 2.58. The molecule has 0 N–H and O–H groups in total. The normalized spacial score (nSPS) is 24.4. The smallest absolute Gasteiger partial charge is 0.302 e. The molecular weight excluding hydrogens is 477 g/mol. The number of hydrogen-bond acceptors (Lipinski definition) is 4. The fraction of sp³-hybridized carbons (Fsp3) is 0.562. The average molecular weight is 518 g/mol. The first-order valence-electron chi connectivity index (χ1n) is 14.3. The van der Waals surface area contributed by atoms with Gasteiger partial charge in [-0.15, -0.1) is 0 Å². The molecule has 0 aromatic heterocycles. The van der Waals surface area contributed by atoms with Crippen LogP contribution in [0.1, 0.15) is 57.1 Å². The zero-order valence-corrected chi connectivity index (χ0v) is 22.7. The number of ether oxygens (including phenoxy) is 1. The molecule has 1 saturated carbocycles. The van der Waals surface area contributed by atoms with Crippen LogP contribution < -0.4 is 4.90 Å². The molecule has 0 bridgehead atoms. The summed E-state index contributed by atoms with van der Waals surface area (Å²) in [6, 6.07) is 15.5. The molecule has 0 amide bonds. The second-order valence-electron chi connectivity index (χ2n) is 11.5. The van der Waals surface area contributed by atoms with Gasteiger partial charge in [0.05, 0.1) is 5.92 Å². The molecule has 202 valence electrons. The van der Waals surface area contributed by atoms with E-state index in [9.17, 15) is 9.18 Å². The predicted molar refractivity (Wildman–Crippen MR) is 148 cm³/mol. The Labute approximate surface area is 226 Å². The van der Waals surface area contributed by atoms with Crippen LogP contribution in [0.5, 0.6) is 0 Å². The summed E-state index contributed by atoms with van der Waals surface area (Å²) in [5.41, 5.74) is 2.56. The van der Waals surface area contributed by atoms with Gasteiger partial charge in [0, 0.05) is 49.6 Å². The quantitative estimate of drug-likeness (QED) is 0.314. The SMILES string of the molecule is [C-]#[N+]C(c1cccc(F)c1)(C1CCN(CC2CN(c3ccc(CC)cc3)C2)CC1)[C@@H]1CCC[C@H]1OC(C)=O. The minimum absolute atomic E-state index is 0.106. The summed E-state index contributed by atoms with van der Waals surface area (Å²) in [5.74, 6) is 0.0460. The highest BCUT2D eigenvalue weighted by molar-refractivity contribution is 5.66. The van der Waals surface area contributed by atoms with Crippen molar-refractivity contribution in [1.82, 2.24) is 4.90 Å². The Kier molecular flexibility index (Phi) is 8.04. The average Bonchev–Trinajstić information content (AvgIpc) is 3.35. The molecule has 1 aliphatic carbocycles. The van der Waals surface area contributed by atoms with Crippen molar-refractivity contribution in [3.8, 4) is 0 Å². The van der Waals surface area contributed by atoms with Gasteiger partial charge in [-0.05, 0) is 81.4 Å². The number of halogens is 1. The Bertz CT molecular complexity index is 1150. The molecule has 6 heteroatoms. The van der Waals surface area contributed by atoms with Crippen molar-refractivity contribution in [2.24, 2.45) is 17.8 Å². The number of likely N-dealkylation sites (tertiary alicyclic amines) is 1. The van der Waals surface area contributed by atoms with Crippen LogP contribution in [0.25, 0.3) is 4.85 Å². The van der Waals surface area contributed by atoms with Gasteiger partial charge < -0.3 is 19.4 Å². The lowest BCUT2D eigenvalue weighted by Gasteiger charge is -2.46. The molecule has 3 fully saturated rings. The molecule has 5 rings (SSSR count). The number of aryl methyl sites for hydroxylation is 1. The zero-order chi connectivity index (χ0) is 26.7. The van der Waals surface area contributed by atoms with E-state index in [0.29, 0.717) is 5.92 Å². The Morgan fingerprint density at radius 2 is 1.84 bits per heavy atom. The molecule has 2 aromatic rings. The maximum Gasteiger partial charge on any atom is 0.302 e. The van der Waals surface area contributed by atoms with Gasteiger partial charge in [0.1, 0.15) is 11.9 Å². The van der Waals surface area contributed by atoms with E-state index in [1.54, 1.807) is 12.1 Å². The van der Waals surface area contributed by atoms with Crippen LogP contribution in [0.3, 0.4) is 0 Å². The maximum absolute atomic E-state index is 14.4. The third-order valence-electron chi connectivity index (χ3n) is 9.20. The van der Waals surface area contributed by atoms with E-state index in [0.717, 1.165) is 76.8 Å². The van der Waals surface area contributed by atoms with E-state index in [2.05, 4.69) is 45.8 Å².